The first-order valence-corrected chi connectivity index (χ1v) is 22.1. The number of nitrogens with zero attached hydrogens (tertiary/aromatic N) is 1. The summed E-state index contributed by atoms with van der Waals surface area (Å²) < 4.78 is 13.3. The van der Waals surface area contributed by atoms with Crippen molar-refractivity contribution in [2.24, 2.45) is 16.8 Å². The molecule has 7 aromatic carbocycles. The first kappa shape index (κ1) is 36.2. The summed E-state index contributed by atoms with van der Waals surface area (Å²) in [7, 11) is 0. The highest BCUT2D eigenvalue weighted by Gasteiger charge is 2.57. The van der Waals surface area contributed by atoms with E-state index >= 15 is 0 Å². The van der Waals surface area contributed by atoms with Crippen LogP contribution in [0.4, 0.5) is 0 Å². The van der Waals surface area contributed by atoms with E-state index in [2.05, 4.69) is 223 Å². The summed E-state index contributed by atoms with van der Waals surface area (Å²) in [6.45, 7) is 0. The molecule has 0 bridgehead atoms. The Morgan fingerprint density at radius 2 is 1.14 bits per heavy atom. The molecule has 1 spiro atoms. The molecule has 6 unspecified atom stereocenters. The van der Waals surface area contributed by atoms with E-state index in [9.17, 15) is 0 Å². The van der Waals surface area contributed by atoms with Gasteiger partial charge in [0.1, 0.15) is 35.0 Å². The zero-order chi connectivity index (χ0) is 41.5. The Morgan fingerprint density at radius 3 is 1.89 bits per heavy atom. The van der Waals surface area contributed by atoms with E-state index < -0.39 is 5.41 Å². The Labute approximate surface area is 367 Å². The molecule has 7 aromatic rings. The molecule has 5 nitrogen and oxygen atoms in total. The van der Waals surface area contributed by atoms with Crippen LogP contribution in [0.15, 0.2) is 229 Å². The van der Waals surface area contributed by atoms with Crippen LogP contribution in [0.1, 0.15) is 45.2 Å². The maximum Gasteiger partial charge on any atom is 0.131 e. The van der Waals surface area contributed by atoms with Crippen LogP contribution in [0.2, 0.25) is 0 Å². The van der Waals surface area contributed by atoms with E-state index in [-0.39, 0.29) is 36.0 Å². The Hall–Kier alpha value is -7.47. The molecule has 0 amide bonds. The molecule has 302 valence electrons. The van der Waals surface area contributed by atoms with Crippen molar-refractivity contribution in [1.82, 2.24) is 10.6 Å². The molecule has 0 aromatic heterocycles. The fourth-order valence-electron chi connectivity index (χ4n) is 11.4. The van der Waals surface area contributed by atoms with Gasteiger partial charge in [0.15, 0.2) is 0 Å². The molecule has 5 heteroatoms. The van der Waals surface area contributed by atoms with Gasteiger partial charge in [-0.25, -0.2) is 4.99 Å². The molecule has 3 aliphatic heterocycles. The van der Waals surface area contributed by atoms with Crippen molar-refractivity contribution >= 4 is 5.84 Å². The van der Waals surface area contributed by atoms with Crippen LogP contribution in [-0.4, -0.2) is 18.2 Å². The number of amidine groups is 1. The second-order valence-electron chi connectivity index (χ2n) is 17.4. The molecule has 6 aliphatic rings. The molecular weight excluding hydrogens is 771 g/mol. The van der Waals surface area contributed by atoms with Crippen LogP contribution in [0.3, 0.4) is 0 Å². The fourth-order valence-corrected chi connectivity index (χ4v) is 11.4. The second kappa shape index (κ2) is 14.3. The summed E-state index contributed by atoms with van der Waals surface area (Å²) in [5.74, 6) is 4.91. The molecule has 6 atom stereocenters. The molecular formula is C58H43N3O2. The van der Waals surface area contributed by atoms with Gasteiger partial charge < -0.3 is 14.8 Å². The number of allylic oxidation sites excluding steroid dienone is 5. The van der Waals surface area contributed by atoms with Crippen LogP contribution in [0.25, 0.3) is 22.3 Å². The summed E-state index contributed by atoms with van der Waals surface area (Å²) in [6.07, 6.45) is 13.4. The second-order valence-corrected chi connectivity index (χ2v) is 17.4. The van der Waals surface area contributed by atoms with Gasteiger partial charge in [0.05, 0.1) is 17.5 Å². The zero-order valence-corrected chi connectivity index (χ0v) is 34.4. The summed E-state index contributed by atoms with van der Waals surface area (Å²) in [4.78, 5) is 5.50. The third kappa shape index (κ3) is 5.63. The van der Waals surface area contributed by atoms with Gasteiger partial charge in [0.25, 0.3) is 0 Å². The van der Waals surface area contributed by atoms with Crippen LogP contribution >= 0.6 is 0 Å². The Morgan fingerprint density at radius 1 is 0.524 bits per heavy atom. The number of hydrogen-bond acceptors (Lipinski definition) is 5. The maximum absolute atomic E-state index is 6.66. The third-order valence-corrected chi connectivity index (χ3v) is 14.2. The third-order valence-electron chi connectivity index (χ3n) is 14.2. The van der Waals surface area contributed by atoms with E-state index in [1.165, 1.54) is 50.1 Å². The van der Waals surface area contributed by atoms with Gasteiger partial charge in [0, 0.05) is 40.0 Å². The minimum Gasteiger partial charge on any atom is -0.461 e. The number of benzene rings is 7. The summed E-state index contributed by atoms with van der Waals surface area (Å²) >= 11 is 0. The molecule has 0 saturated heterocycles. The number of fused-ring (bicyclic) bond motifs is 12. The van der Waals surface area contributed by atoms with E-state index in [1.807, 2.05) is 0 Å². The van der Waals surface area contributed by atoms with Crippen molar-refractivity contribution in [3.05, 3.63) is 257 Å². The van der Waals surface area contributed by atoms with Gasteiger partial charge in [-0.1, -0.05) is 182 Å². The van der Waals surface area contributed by atoms with Crippen molar-refractivity contribution in [3.8, 4) is 39.5 Å². The molecule has 63 heavy (non-hydrogen) atoms. The first-order valence-electron chi connectivity index (χ1n) is 22.1. The fraction of sp³-hybridized carbons (Fsp3) is 0.121. The van der Waals surface area contributed by atoms with Crippen molar-refractivity contribution in [1.29, 1.82) is 0 Å². The Bertz CT molecular complexity index is 3060. The van der Waals surface area contributed by atoms with Crippen molar-refractivity contribution in [2.75, 3.05) is 0 Å². The first-order chi connectivity index (χ1) is 31.2. The summed E-state index contributed by atoms with van der Waals surface area (Å²) in [5, 5.41) is 7.96. The van der Waals surface area contributed by atoms with E-state index in [0.29, 0.717) is 0 Å². The van der Waals surface area contributed by atoms with Crippen LogP contribution in [0.5, 0.6) is 17.2 Å². The zero-order valence-electron chi connectivity index (χ0n) is 34.4. The number of rotatable bonds is 5. The van der Waals surface area contributed by atoms with E-state index in [4.69, 9.17) is 14.5 Å². The summed E-state index contributed by atoms with van der Waals surface area (Å²) in [6, 6.07) is 62.9. The van der Waals surface area contributed by atoms with Gasteiger partial charge in [-0.15, -0.1) is 0 Å². The monoisotopic (exact) mass is 813 g/mol. The van der Waals surface area contributed by atoms with Crippen molar-refractivity contribution < 1.29 is 9.47 Å². The smallest absolute Gasteiger partial charge is 0.131 e. The molecule has 3 heterocycles. The average molecular weight is 814 g/mol. The van der Waals surface area contributed by atoms with Gasteiger partial charge in [-0.2, -0.15) is 0 Å². The van der Waals surface area contributed by atoms with E-state index in [0.717, 1.165) is 40.0 Å². The highest BCUT2D eigenvalue weighted by atomic mass is 16.5. The number of hydrogen-bond donors (Lipinski definition) is 2. The standard InChI is InChI=1S/C58H43N3O2/c1-3-14-36(15-4-1)37-26-28-38(29-27-37)40-31-33-50-45(34-40)54-44(19-13-25-53(54)62-50)57-60-55(39-16-5-2-6-17-39)59-56(61-57)41-30-32-43-42-18-7-8-20-46(42)58(49(43)35-41)47-21-9-11-23-51(47)63-52-24-12-10-22-48(52)58/h1-35,43-44,49,54,56-57,61H,(H,59,60). The average Bonchev–Trinajstić information content (AvgIpc) is 3.88. The summed E-state index contributed by atoms with van der Waals surface area (Å²) in [5.41, 5.74) is 12.9. The highest BCUT2D eigenvalue weighted by molar-refractivity contribution is 5.99. The largest absolute Gasteiger partial charge is 0.461 e. The van der Waals surface area contributed by atoms with Gasteiger partial charge in [-0.3, -0.25) is 5.32 Å². The van der Waals surface area contributed by atoms with Crippen molar-refractivity contribution in [3.63, 3.8) is 0 Å². The number of nitrogens with one attached hydrogen (secondary N) is 2. The SMILES string of the molecule is C1=CC(C2NC(c3ccccc3)=NC(C3=CC4C(C=C3)c3ccccc3C43c4ccccc4Oc4ccccc43)N2)C2C(=C1)Oc1ccc(-c3ccc(-c4ccccc4)cc3)cc12. The number of para-hydroxylation sites is 2. The molecule has 13 rings (SSSR count). The Balaban J connectivity index is 0.891. The number of aliphatic imine (C=N–C) groups is 1. The minimum atomic E-state index is -0.447. The molecule has 3 aliphatic carbocycles. The number of ether oxygens (including phenoxy) is 2. The van der Waals surface area contributed by atoms with Gasteiger partial charge >= 0.3 is 0 Å². The molecule has 0 radical (unpaired) electrons. The van der Waals surface area contributed by atoms with E-state index in [1.54, 1.807) is 0 Å². The lowest BCUT2D eigenvalue weighted by Gasteiger charge is -2.44. The predicted octanol–water partition coefficient (Wildman–Crippen LogP) is 12.2. The van der Waals surface area contributed by atoms with Crippen LogP contribution in [0, 0.1) is 11.8 Å². The van der Waals surface area contributed by atoms with Gasteiger partial charge in [0.2, 0.25) is 0 Å². The van der Waals surface area contributed by atoms with Gasteiger partial charge in [-0.05, 0) is 69.3 Å². The lowest BCUT2D eigenvalue weighted by molar-refractivity contribution is 0.298. The Kier molecular flexibility index (Phi) is 8.22. The van der Waals surface area contributed by atoms with Crippen molar-refractivity contribution in [2.45, 2.75) is 29.6 Å². The predicted molar refractivity (Wildman–Crippen MR) is 251 cm³/mol. The molecule has 0 fully saturated rings. The lowest BCUT2D eigenvalue weighted by atomic mass is 9.61. The molecule has 2 N–H and O–H groups in total. The van der Waals surface area contributed by atoms with Crippen LogP contribution in [-0.2, 0) is 5.41 Å². The minimum absolute atomic E-state index is 0.0115. The molecule has 0 saturated carbocycles. The maximum atomic E-state index is 6.66. The normalized spacial score (nSPS) is 23.8. The lowest BCUT2D eigenvalue weighted by Crippen LogP contribution is -2.59. The quantitative estimate of drug-likeness (QED) is 0.182. The highest BCUT2D eigenvalue weighted by Crippen LogP contribution is 2.65. The van der Waals surface area contributed by atoms with Crippen LogP contribution < -0.4 is 20.1 Å². The topological polar surface area (TPSA) is 54.9 Å².